The summed E-state index contributed by atoms with van der Waals surface area (Å²) in [6, 6.07) is 15.9. The first-order valence-electron chi connectivity index (χ1n) is 9.90. The molecule has 2 aromatic heterocycles. The monoisotopic (exact) mass is 409 g/mol. The molecule has 0 amide bonds. The van der Waals surface area contributed by atoms with E-state index >= 15 is 0 Å². The Kier molecular flexibility index (Phi) is 5.97. The number of nitrogens with zero attached hydrogens (tertiary/aromatic N) is 3. The molecule has 0 saturated carbocycles. The minimum Gasteiger partial charge on any atom is -0.472 e. The molecule has 1 aliphatic heterocycles. The van der Waals surface area contributed by atoms with E-state index < -0.39 is 0 Å². The summed E-state index contributed by atoms with van der Waals surface area (Å²) in [5, 5.41) is 10.6. The number of pyridine rings is 2. The number of hydrogen-bond acceptors (Lipinski definition) is 5. The van der Waals surface area contributed by atoms with Crippen molar-refractivity contribution in [2.45, 2.75) is 32.5 Å². The van der Waals surface area contributed by atoms with Crippen LogP contribution in [0.15, 0.2) is 54.7 Å². The minimum absolute atomic E-state index is 0.0377. The Morgan fingerprint density at radius 3 is 2.79 bits per heavy atom. The number of aliphatic hydroxyl groups excluding tert-OH is 1. The molecule has 1 aliphatic rings. The van der Waals surface area contributed by atoms with Crippen LogP contribution in [0.5, 0.6) is 5.88 Å². The molecule has 4 rings (SSSR count). The normalized spacial score (nSPS) is 16.2. The first-order chi connectivity index (χ1) is 14.2. The molecule has 1 aromatic carbocycles. The first-order valence-corrected chi connectivity index (χ1v) is 10.3. The predicted octanol–water partition coefficient (Wildman–Crippen LogP) is 4.51. The zero-order chi connectivity index (χ0) is 20.2. The Bertz CT molecular complexity index is 978. The van der Waals surface area contributed by atoms with Crippen molar-refractivity contribution in [2.75, 3.05) is 18.0 Å². The van der Waals surface area contributed by atoms with E-state index in [9.17, 15) is 5.11 Å². The largest absolute Gasteiger partial charge is 0.472 e. The van der Waals surface area contributed by atoms with Crippen LogP contribution in [-0.4, -0.2) is 34.3 Å². The van der Waals surface area contributed by atoms with Gasteiger partial charge in [0.2, 0.25) is 5.88 Å². The highest BCUT2D eigenvalue weighted by atomic mass is 35.5. The quantitative estimate of drug-likeness (QED) is 0.649. The molecule has 1 saturated heterocycles. The van der Waals surface area contributed by atoms with Crippen molar-refractivity contribution in [1.29, 1.82) is 0 Å². The zero-order valence-corrected chi connectivity index (χ0v) is 17.1. The third-order valence-electron chi connectivity index (χ3n) is 5.25. The van der Waals surface area contributed by atoms with Crippen LogP contribution >= 0.6 is 11.6 Å². The highest BCUT2D eigenvalue weighted by molar-refractivity contribution is 6.30. The van der Waals surface area contributed by atoms with Crippen LogP contribution in [0.2, 0.25) is 5.02 Å². The molecular weight excluding hydrogens is 386 g/mol. The van der Waals surface area contributed by atoms with Gasteiger partial charge in [-0.3, -0.25) is 0 Å². The zero-order valence-electron chi connectivity index (χ0n) is 16.4. The molecule has 5 nitrogen and oxygen atoms in total. The lowest BCUT2D eigenvalue weighted by molar-refractivity contribution is 0.216. The Morgan fingerprint density at radius 1 is 1.17 bits per heavy atom. The van der Waals surface area contributed by atoms with Crippen LogP contribution in [-0.2, 0) is 13.0 Å². The Hall–Kier alpha value is -2.63. The number of anilines is 1. The fourth-order valence-corrected chi connectivity index (χ4v) is 3.88. The van der Waals surface area contributed by atoms with E-state index in [2.05, 4.69) is 35.0 Å². The molecule has 0 spiro atoms. The second-order valence-corrected chi connectivity index (χ2v) is 7.56. The van der Waals surface area contributed by atoms with Gasteiger partial charge in [0.25, 0.3) is 0 Å². The fourth-order valence-electron chi connectivity index (χ4n) is 3.77. The standard InChI is InChI=1S/C23H24ClN3O2/c1-2-16-5-3-4-6-19(16)20-8-9-22(21(15-28)26-20)27-12-11-18(14-27)29-23-10-7-17(24)13-25-23/h3-10,13,18,28H,2,11-12,14-15H2,1H3. The van der Waals surface area contributed by atoms with E-state index in [1.807, 2.05) is 18.2 Å². The molecule has 0 bridgehead atoms. The molecule has 1 unspecified atom stereocenters. The SMILES string of the molecule is CCc1ccccc1-c1ccc(N2CCC(Oc3ccc(Cl)cn3)C2)c(CO)n1. The van der Waals surface area contributed by atoms with E-state index in [4.69, 9.17) is 21.3 Å². The topological polar surface area (TPSA) is 58.5 Å². The van der Waals surface area contributed by atoms with E-state index in [0.29, 0.717) is 16.6 Å². The molecule has 1 atom stereocenters. The number of rotatable bonds is 6. The van der Waals surface area contributed by atoms with Gasteiger partial charge in [-0.1, -0.05) is 42.8 Å². The summed E-state index contributed by atoms with van der Waals surface area (Å²) in [6.07, 6.45) is 3.45. The average Bonchev–Trinajstić information content (AvgIpc) is 3.23. The van der Waals surface area contributed by atoms with Crippen molar-refractivity contribution in [3.8, 4) is 17.1 Å². The summed E-state index contributed by atoms with van der Waals surface area (Å²) >= 11 is 5.88. The molecule has 150 valence electrons. The maximum Gasteiger partial charge on any atom is 0.213 e. The lowest BCUT2D eigenvalue weighted by Crippen LogP contribution is -2.26. The molecular formula is C23H24ClN3O2. The summed E-state index contributed by atoms with van der Waals surface area (Å²) in [7, 11) is 0. The number of aromatic nitrogens is 2. The van der Waals surface area contributed by atoms with Gasteiger partial charge in [0.05, 0.1) is 35.2 Å². The number of halogens is 1. The molecule has 3 heterocycles. The predicted molar refractivity (Wildman–Crippen MR) is 115 cm³/mol. The Balaban J connectivity index is 1.52. The number of aryl methyl sites for hydroxylation is 1. The van der Waals surface area contributed by atoms with Gasteiger partial charge in [-0.25, -0.2) is 9.97 Å². The number of ether oxygens (including phenoxy) is 1. The second kappa shape index (κ2) is 8.80. The van der Waals surface area contributed by atoms with Crippen LogP contribution < -0.4 is 9.64 Å². The Morgan fingerprint density at radius 2 is 2.03 bits per heavy atom. The summed E-state index contributed by atoms with van der Waals surface area (Å²) in [5.74, 6) is 0.577. The van der Waals surface area contributed by atoms with Crippen LogP contribution in [0.4, 0.5) is 5.69 Å². The fraction of sp³-hybridized carbons (Fsp3) is 0.304. The van der Waals surface area contributed by atoms with Gasteiger partial charge in [-0.05, 0) is 30.2 Å². The van der Waals surface area contributed by atoms with Gasteiger partial charge in [-0.2, -0.15) is 0 Å². The molecule has 0 aliphatic carbocycles. The molecule has 3 aromatic rings. The molecule has 29 heavy (non-hydrogen) atoms. The average molecular weight is 410 g/mol. The van der Waals surface area contributed by atoms with Crippen molar-refractivity contribution in [3.63, 3.8) is 0 Å². The number of aliphatic hydroxyl groups is 1. The van der Waals surface area contributed by atoms with Gasteiger partial charge < -0.3 is 14.7 Å². The summed E-state index contributed by atoms with van der Waals surface area (Å²) < 4.78 is 5.98. The lowest BCUT2D eigenvalue weighted by Gasteiger charge is -2.22. The van der Waals surface area contributed by atoms with Crippen molar-refractivity contribution in [2.24, 2.45) is 0 Å². The highest BCUT2D eigenvalue weighted by Crippen LogP contribution is 2.30. The summed E-state index contributed by atoms with van der Waals surface area (Å²) in [6.45, 7) is 3.61. The maximum absolute atomic E-state index is 9.96. The van der Waals surface area contributed by atoms with Gasteiger partial charge in [0, 0.05) is 30.8 Å². The van der Waals surface area contributed by atoms with Gasteiger partial charge in [0.15, 0.2) is 0 Å². The van der Waals surface area contributed by atoms with Crippen molar-refractivity contribution < 1.29 is 9.84 Å². The van der Waals surface area contributed by atoms with E-state index in [0.717, 1.165) is 42.9 Å². The van der Waals surface area contributed by atoms with Crippen LogP contribution in [0, 0.1) is 0 Å². The van der Waals surface area contributed by atoms with Crippen molar-refractivity contribution in [3.05, 3.63) is 71.0 Å². The molecule has 0 radical (unpaired) electrons. The third kappa shape index (κ3) is 4.36. The third-order valence-corrected chi connectivity index (χ3v) is 5.47. The number of hydrogen-bond donors (Lipinski definition) is 1. The highest BCUT2D eigenvalue weighted by Gasteiger charge is 2.26. The maximum atomic E-state index is 9.96. The van der Waals surface area contributed by atoms with Gasteiger partial charge >= 0.3 is 0 Å². The van der Waals surface area contributed by atoms with Crippen LogP contribution in [0.3, 0.4) is 0 Å². The van der Waals surface area contributed by atoms with Crippen molar-refractivity contribution in [1.82, 2.24) is 9.97 Å². The molecule has 6 heteroatoms. The van der Waals surface area contributed by atoms with Gasteiger partial charge in [0.1, 0.15) is 6.10 Å². The van der Waals surface area contributed by atoms with E-state index in [1.54, 1.807) is 18.3 Å². The summed E-state index contributed by atoms with van der Waals surface area (Å²) in [4.78, 5) is 11.2. The van der Waals surface area contributed by atoms with E-state index in [1.165, 1.54) is 5.56 Å². The lowest BCUT2D eigenvalue weighted by atomic mass is 10.0. The van der Waals surface area contributed by atoms with Gasteiger partial charge in [-0.15, -0.1) is 0 Å². The Labute approximate surface area is 176 Å². The molecule has 1 fully saturated rings. The van der Waals surface area contributed by atoms with E-state index in [-0.39, 0.29) is 12.7 Å². The number of benzene rings is 1. The summed E-state index contributed by atoms with van der Waals surface area (Å²) in [5.41, 5.74) is 4.92. The van der Waals surface area contributed by atoms with Crippen LogP contribution in [0.25, 0.3) is 11.3 Å². The van der Waals surface area contributed by atoms with Crippen molar-refractivity contribution >= 4 is 17.3 Å². The first kappa shape index (κ1) is 19.7. The second-order valence-electron chi connectivity index (χ2n) is 7.12. The van der Waals surface area contributed by atoms with Crippen LogP contribution in [0.1, 0.15) is 24.6 Å². The molecule has 1 N–H and O–H groups in total. The smallest absolute Gasteiger partial charge is 0.213 e. The minimum atomic E-state index is -0.0990.